The van der Waals surface area contributed by atoms with E-state index in [0.717, 1.165) is 28.7 Å². The maximum absolute atomic E-state index is 16.0. The van der Waals surface area contributed by atoms with Crippen LogP contribution in [0.4, 0.5) is 0 Å². The number of nitrogens with two attached hydrogens (primary N) is 1. The van der Waals surface area contributed by atoms with Crippen molar-refractivity contribution in [2.75, 3.05) is 0 Å². The largest absolute Gasteiger partial charge is 0.378 e. The molecule has 4 aromatic rings. The van der Waals surface area contributed by atoms with E-state index in [4.69, 9.17) is 5.73 Å². The van der Waals surface area contributed by atoms with Crippen LogP contribution in [0.25, 0.3) is 0 Å². The summed E-state index contributed by atoms with van der Waals surface area (Å²) in [5.74, 6) is -1.80. The molecule has 1 aliphatic rings. The predicted molar refractivity (Wildman–Crippen MR) is 210 cm³/mol. The standard InChI is InChI=1S/C46H58N2O4/c1-30(2)40(45(51,36-20-12-32(5)13-21-36)37-22-14-33(6)15-23-37)48(43(50)44(42(47)49)28-10-9-11-29-44)41(31(3)4)46(52,38-24-16-34(7)17-25-38)39-26-18-35(8)19-27-39/h12-27,30-31,40-41,51-52H,9-11,28-29H2,1-8H3,(H2,47,49). The zero-order valence-corrected chi connectivity index (χ0v) is 32.3. The third kappa shape index (κ3) is 7.08. The zero-order valence-electron chi connectivity index (χ0n) is 32.3. The summed E-state index contributed by atoms with van der Waals surface area (Å²) in [6.07, 6.45) is 2.89. The van der Waals surface area contributed by atoms with Gasteiger partial charge in [0.05, 0.1) is 12.1 Å². The molecule has 0 saturated heterocycles. The molecular weight excluding hydrogens is 645 g/mol. The highest BCUT2D eigenvalue weighted by molar-refractivity contribution is 6.05. The van der Waals surface area contributed by atoms with Crippen molar-refractivity contribution in [3.63, 3.8) is 0 Å². The van der Waals surface area contributed by atoms with Crippen LogP contribution in [0.5, 0.6) is 0 Å². The molecule has 52 heavy (non-hydrogen) atoms. The second-order valence-electron chi connectivity index (χ2n) is 16.1. The quantitative estimate of drug-likeness (QED) is 0.129. The first kappa shape index (κ1) is 39.0. The van der Waals surface area contributed by atoms with Crippen molar-refractivity contribution in [2.24, 2.45) is 23.0 Å². The Hall–Kier alpha value is -4.26. The molecule has 6 nitrogen and oxygen atoms in total. The smallest absolute Gasteiger partial charge is 0.239 e. The Morgan fingerprint density at radius 2 is 0.827 bits per heavy atom. The molecule has 0 radical (unpaired) electrons. The summed E-state index contributed by atoms with van der Waals surface area (Å²) < 4.78 is 0. The van der Waals surface area contributed by atoms with E-state index < -0.39 is 40.5 Å². The predicted octanol–water partition coefficient (Wildman–Crippen LogP) is 8.41. The highest BCUT2D eigenvalue weighted by atomic mass is 16.3. The van der Waals surface area contributed by atoms with Gasteiger partial charge in [0, 0.05) is 0 Å². The van der Waals surface area contributed by atoms with Crippen molar-refractivity contribution in [1.82, 2.24) is 4.90 Å². The van der Waals surface area contributed by atoms with Crippen LogP contribution >= 0.6 is 0 Å². The summed E-state index contributed by atoms with van der Waals surface area (Å²) in [5.41, 5.74) is 7.91. The molecule has 1 fully saturated rings. The van der Waals surface area contributed by atoms with Crippen molar-refractivity contribution in [3.05, 3.63) is 142 Å². The lowest BCUT2D eigenvalue weighted by Crippen LogP contribution is -2.69. The maximum Gasteiger partial charge on any atom is 0.239 e. The first-order valence-corrected chi connectivity index (χ1v) is 18.9. The van der Waals surface area contributed by atoms with Crippen LogP contribution in [0.1, 0.15) is 104 Å². The van der Waals surface area contributed by atoms with Gasteiger partial charge in [0.25, 0.3) is 0 Å². The highest BCUT2D eigenvalue weighted by Crippen LogP contribution is 2.49. The Morgan fingerprint density at radius 1 is 0.558 bits per heavy atom. The number of aryl methyl sites for hydroxylation is 4. The topological polar surface area (TPSA) is 104 Å². The SMILES string of the molecule is Cc1ccc(C(O)(c2ccc(C)cc2)C(C(C)C)N(C(=O)C2(C(N)=O)CCCCC2)C(C(C)C)C(O)(c2ccc(C)cc2)c2ccc(C)cc2)cc1. The minimum Gasteiger partial charge on any atom is -0.378 e. The molecule has 6 heteroatoms. The number of benzene rings is 4. The Balaban J connectivity index is 1.93. The normalized spacial score (nSPS) is 16.1. The van der Waals surface area contributed by atoms with Crippen molar-refractivity contribution in [2.45, 2.75) is 111 Å². The molecule has 0 aromatic heterocycles. The van der Waals surface area contributed by atoms with Gasteiger partial charge in [-0.2, -0.15) is 0 Å². The number of hydrogen-bond acceptors (Lipinski definition) is 4. The summed E-state index contributed by atoms with van der Waals surface area (Å²) >= 11 is 0. The van der Waals surface area contributed by atoms with Gasteiger partial charge in [-0.3, -0.25) is 9.59 Å². The second-order valence-corrected chi connectivity index (χ2v) is 16.1. The molecule has 4 aromatic carbocycles. The summed E-state index contributed by atoms with van der Waals surface area (Å²) in [5, 5.41) is 27.4. The van der Waals surface area contributed by atoms with Crippen LogP contribution in [-0.4, -0.2) is 39.0 Å². The van der Waals surface area contributed by atoms with Crippen LogP contribution in [0.3, 0.4) is 0 Å². The number of rotatable bonds is 12. The molecule has 1 aliphatic carbocycles. The first-order chi connectivity index (χ1) is 24.6. The monoisotopic (exact) mass is 702 g/mol. The summed E-state index contributed by atoms with van der Waals surface area (Å²) in [7, 11) is 0. The maximum atomic E-state index is 16.0. The number of nitrogens with zero attached hydrogens (tertiary/aromatic N) is 1. The third-order valence-corrected chi connectivity index (χ3v) is 11.5. The number of amides is 2. The molecule has 2 amide bonds. The van der Waals surface area contributed by atoms with Gasteiger partial charge in [-0.15, -0.1) is 0 Å². The van der Waals surface area contributed by atoms with E-state index in [9.17, 15) is 15.0 Å². The van der Waals surface area contributed by atoms with E-state index in [1.54, 1.807) is 4.90 Å². The van der Waals surface area contributed by atoms with Crippen LogP contribution in [0.2, 0.25) is 0 Å². The minimum absolute atomic E-state index is 0.314. The lowest BCUT2D eigenvalue weighted by molar-refractivity contribution is -0.175. The van der Waals surface area contributed by atoms with Gasteiger partial charge in [-0.25, -0.2) is 0 Å². The number of aliphatic hydroxyl groups is 2. The number of carbonyl (C=O) groups excluding carboxylic acids is 2. The minimum atomic E-state index is -1.76. The van der Waals surface area contributed by atoms with E-state index in [-0.39, 0.29) is 11.8 Å². The second kappa shape index (κ2) is 15.4. The molecule has 4 N–H and O–H groups in total. The summed E-state index contributed by atoms with van der Waals surface area (Å²) in [4.78, 5) is 31.5. The fraction of sp³-hybridized carbons (Fsp3) is 0.435. The number of carbonyl (C=O) groups is 2. The first-order valence-electron chi connectivity index (χ1n) is 18.9. The molecular formula is C46H58N2O4. The lowest BCUT2D eigenvalue weighted by atomic mass is 9.67. The average Bonchev–Trinajstić information content (AvgIpc) is 3.11. The van der Waals surface area contributed by atoms with Gasteiger partial charge < -0.3 is 20.8 Å². The Kier molecular flexibility index (Phi) is 11.5. The molecule has 2 atom stereocenters. The van der Waals surface area contributed by atoms with Crippen molar-refractivity contribution < 1.29 is 19.8 Å². The molecule has 0 aliphatic heterocycles. The van der Waals surface area contributed by atoms with Gasteiger partial charge in [-0.05, 0) is 74.6 Å². The Bertz CT molecular complexity index is 1620. The van der Waals surface area contributed by atoms with Crippen LogP contribution in [-0.2, 0) is 20.8 Å². The molecule has 276 valence electrons. The van der Waals surface area contributed by atoms with E-state index in [1.165, 1.54) is 0 Å². The molecule has 2 unspecified atom stereocenters. The van der Waals surface area contributed by atoms with Crippen LogP contribution in [0.15, 0.2) is 97.1 Å². The molecule has 1 saturated carbocycles. The van der Waals surface area contributed by atoms with Crippen molar-refractivity contribution >= 4 is 11.8 Å². The average molecular weight is 703 g/mol. The Morgan fingerprint density at radius 3 is 1.06 bits per heavy atom. The van der Waals surface area contributed by atoms with Gasteiger partial charge >= 0.3 is 0 Å². The van der Waals surface area contributed by atoms with E-state index >= 15 is 4.79 Å². The summed E-state index contributed by atoms with van der Waals surface area (Å²) in [6, 6.07) is 29.3. The van der Waals surface area contributed by atoms with Crippen molar-refractivity contribution in [3.8, 4) is 0 Å². The zero-order chi connectivity index (χ0) is 38.0. The lowest BCUT2D eigenvalue weighted by Gasteiger charge is -2.55. The van der Waals surface area contributed by atoms with Gasteiger partial charge in [0.1, 0.15) is 16.6 Å². The summed E-state index contributed by atoms with van der Waals surface area (Å²) in [6.45, 7) is 16.0. The number of primary amides is 1. The highest BCUT2D eigenvalue weighted by Gasteiger charge is 2.59. The molecule has 0 spiro atoms. The Labute approximate surface area is 311 Å². The fourth-order valence-corrected chi connectivity index (χ4v) is 8.65. The van der Waals surface area contributed by atoms with E-state index in [1.807, 2.05) is 152 Å². The van der Waals surface area contributed by atoms with E-state index in [2.05, 4.69) is 0 Å². The van der Waals surface area contributed by atoms with Crippen molar-refractivity contribution in [1.29, 1.82) is 0 Å². The van der Waals surface area contributed by atoms with Gasteiger partial charge in [0.15, 0.2) is 0 Å². The number of hydrogen-bond donors (Lipinski definition) is 3. The van der Waals surface area contributed by atoms with Gasteiger partial charge in [-0.1, -0.05) is 166 Å². The third-order valence-electron chi connectivity index (χ3n) is 11.5. The fourth-order valence-electron chi connectivity index (χ4n) is 8.65. The van der Waals surface area contributed by atoms with Gasteiger partial charge in [0.2, 0.25) is 11.8 Å². The molecule has 0 bridgehead atoms. The van der Waals surface area contributed by atoms with Crippen LogP contribution in [0, 0.1) is 44.9 Å². The van der Waals surface area contributed by atoms with Crippen LogP contribution < -0.4 is 5.73 Å². The molecule has 5 rings (SSSR count). The van der Waals surface area contributed by atoms with E-state index in [0.29, 0.717) is 47.9 Å². The molecule has 0 heterocycles.